The fourth-order valence-corrected chi connectivity index (χ4v) is 2.79. The van der Waals surface area contributed by atoms with Crippen LogP contribution in [0.25, 0.3) is 0 Å². The highest BCUT2D eigenvalue weighted by Gasteiger charge is 2.12. The SMILES string of the molecule is O=S(=O)(Cc1cccc(CO)c1)NCc1cccnn1. The first-order valence-corrected chi connectivity index (χ1v) is 7.67. The van der Waals surface area contributed by atoms with E-state index in [4.69, 9.17) is 5.11 Å². The van der Waals surface area contributed by atoms with E-state index < -0.39 is 10.0 Å². The van der Waals surface area contributed by atoms with Crippen LogP contribution in [0.5, 0.6) is 0 Å². The second-order valence-electron chi connectivity index (χ2n) is 4.27. The number of sulfonamides is 1. The predicted molar refractivity (Wildman–Crippen MR) is 73.9 cm³/mol. The minimum absolute atomic E-state index is 0.107. The van der Waals surface area contributed by atoms with Crippen LogP contribution in [0.3, 0.4) is 0 Å². The molecule has 1 aromatic carbocycles. The smallest absolute Gasteiger partial charge is 0.216 e. The first kappa shape index (κ1) is 14.6. The summed E-state index contributed by atoms with van der Waals surface area (Å²) in [5.74, 6) is -0.138. The molecular weight excluding hydrogens is 278 g/mol. The van der Waals surface area contributed by atoms with Gasteiger partial charge in [0.05, 0.1) is 24.6 Å². The fraction of sp³-hybridized carbons (Fsp3) is 0.231. The summed E-state index contributed by atoms with van der Waals surface area (Å²) in [7, 11) is -3.46. The second kappa shape index (κ2) is 6.56. The second-order valence-corrected chi connectivity index (χ2v) is 6.08. The van der Waals surface area contributed by atoms with Crippen LogP contribution >= 0.6 is 0 Å². The van der Waals surface area contributed by atoms with Crippen molar-refractivity contribution >= 4 is 10.0 Å². The van der Waals surface area contributed by atoms with Gasteiger partial charge < -0.3 is 5.11 Å². The van der Waals surface area contributed by atoms with Gasteiger partial charge in [-0.05, 0) is 23.3 Å². The number of rotatable bonds is 6. The first-order chi connectivity index (χ1) is 9.59. The van der Waals surface area contributed by atoms with Crippen molar-refractivity contribution in [1.29, 1.82) is 0 Å². The standard InChI is InChI=1S/C13H15N3O3S/c17-9-11-3-1-4-12(7-11)10-20(18,19)15-8-13-5-2-6-14-16-13/h1-7,15,17H,8-10H2. The molecule has 0 spiro atoms. The van der Waals surface area contributed by atoms with Crippen LogP contribution in [0, 0.1) is 0 Å². The number of benzene rings is 1. The van der Waals surface area contributed by atoms with Gasteiger partial charge in [0.25, 0.3) is 0 Å². The van der Waals surface area contributed by atoms with Crippen molar-refractivity contribution < 1.29 is 13.5 Å². The normalized spacial score (nSPS) is 11.4. The number of hydrogen-bond acceptors (Lipinski definition) is 5. The van der Waals surface area contributed by atoms with Gasteiger partial charge in [-0.2, -0.15) is 10.2 Å². The third-order valence-electron chi connectivity index (χ3n) is 2.63. The van der Waals surface area contributed by atoms with Crippen molar-refractivity contribution in [3.05, 3.63) is 59.4 Å². The maximum atomic E-state index is 12.0. The van der Waals surface area contributed by atoms with E-state index in [1.165, 1.54) is 6.20 Å². The molecule has 0 bridgehead atoms. The molecule has 7 heteroatoms. The molecule has 1 heterocycles. The summed E-state index contributed by atoms with van der Waals surface area (Å²) in [6.07, 6.45) is 1.53. The highest BCUT2D eigenvalue weighted by molar-refractivity contribution is 7.88. The summed E-state index contributed by atoms with van der Waals surface area (Å²) in [6, 6.07) is 10.2. The lowest BCUT2D eigenvalue weighted by Crippen LogP contribution is -2.25. The molecule has 6 nitrogen and oxygen atoms in total. The number of nitrogens with one attached hydrogen (secondary N) is 1. The maximum absolute atomic E-state index is 12.0. The van der Waals surface area contributed by atoms with Gasteiger partial charge >= 0.3 is 0 Å². The summed E-state index contributed by atoms with van der Waals surface area (Å²) in [5, 5.41) is 16.5. The van der Waals surface area contributed by atoms with Crippen molar-refractivity contribution in [2.75, 3.05) is 0 Å². The van der Waals surface area contributed by atoms with E-state index in [-0.39, 0.29) is 18.9 Å². The van der Waals surface area contributed by atoms with E-state index in [0.717, 1.165) is 0 Å². The Balaban J connectivity index is 2.00. The molecule has 0 atom stereocenters. The van der Waals surface area contributed by atoms with Crippen molar-refractivity contribution in [2.24, 2.45) is 0 Å². The van der Waals surface area contributed by atoms with Crippen LogP contribution < -0.4 is 4.72 Å². The van der Waals surface area contributed by atoms with Gasteiger partial charge in [0.15, 0.2) is 0 Å². The zero-order valence-corrected chi connectivity index (χ0v) is 11.5. The molecule has 0 aliphatic rings. The maximum Gasteiger partial charge on any atom is 0.216 e. The Labute approximate surface area is 117 Å². The third-order valence-corrected chi connectivity index (χ3v) is 3.93. The van der Waals surface area contributed by atoms with E-state index in [1.807, 2.05) is 0 Å². The van der Waals surface area contributed by atoms with Crippen LogP contribution in [0.1, 0.15) is 16.8 Å². The van der Waals surface area contributed by atoms with E-state index in [1.54, 1.807) is 36.4 Å². The summed E-state index contributed by atoms with van der Waals surface area (Å²) in [6.45, 7) is -0.00319. The van der Waals surface area contributed by atoms with E-state index in [2.05, 4.69) is 14.9 Å². The monoisotopic (exact) mass is 293 g/mol. The highest BCUT2D eigenvalue weighted by atomic mass is 32.2. The molecule has 106 valence electrons. The van der Waals surface area contributed by atoms with Crippen molar-refractivity contribution in [1.82, 2.24) is 14.9 Å². The number of nitrogens with zero attached hydrogens (tertiary/aromatic N) is 2. The van der Waals surface area contributed by atoms with Gasteiger partial charge in [-0.1, -0.05) is 24.3 Å². The Morgan fingerprint density at radius 2 is 1.95 bits per heavy atom. The molecule has 20 heavy (non-hydrogen) atoms. The number of aliphatic hydroxyl groups is 1. The molecule has 0 fully saturated rings. The van der Waals surface area contributed by atoms with Crippen LogP contribution in [0.2, 0.25) is 0 Å². The molecule has 0 amide bonds. The van der Waals surface area contributed by atoms with Crippen LogP contribution in [0.4, 0.5) is 0 Å². The summed E-state index contributed by atoms with van der Waals surface area (Å²) >= 11 is 0. The van der Waals surface area contributed by atoms with Gasteiger partial charge in [-0.3, -0.25) is 0 Å². The minimum Gasteiger partial charge on any atom is -0.392 e. The topological polar surface area (TPSA) is 92.2 Å². The Hall–Kier alpha value is -1.83. The average molecular weight is 293 g/mol. The summed E-state index contributed by atoms with van der Waals surface area (Å²) in [4.78, 5) is 0. The largest absolute Gasteiger partial charge is 0.392 e. The molecule has 0 radical (unpaired) electrons. The summed E-state index contributed by atoms with van der Waals surface area (Å²) < 4.78 is 26.4. The van der Waals surface area contributed by atoms with E-state index >= 15 is 0 Å². The lowest BCUT2D eigenvalue weighted by Gasteiger charge is -2.07. The van der Waals surface area contributed by atoms with Crippen molar-refractivity contribution in [2.45, 2.75) is 18.9 Å². The quantitative estimate of drug-likeness (QED) is 0.813. The van der Waals surface area contributed by atoms with Gasteiger partial charge in [0.1, 0.15) is 0 Å². The fourth-order valence-electron chi connectivity index (χ4n) is 1.70. The molecule has 1 aromatic heterocycles. The molecule has 0 saturated carbocycles. The molecular formula is C13H15N3O3S. The number of hydrogen-bond donors (Lipinski definition) is 2. The highest BCUT2D eigenvalue weighted by Crippen LogP contribution is 2.09. The van der Waals surface area contributed by atoms with Crippen LogP contribution in [-0.4, -0.2) is 23.7 Å². The van der Waals surface area contributed by atoms with Gasteiger partial charge in [0, 0.05) is 6.20 Å². The number of aromatic nitrogens is 2. The Morgan fingerprint density at radius 3 is 2.65 bits per heavy atom. The zero-order valence-electron chi connectivity index (χ0n) is 10.7. The Bertz CT molecular complexity index is 660. The molecule has 2 rings (SSSR count). The molecule has 0 unspecified atom stereocenters. The van der Waals surface area contributed by atoms with E-state index in [0.29, 0.717) is 16.8 Å². The minimum atomic E-state index is -3.46. The Morgan fingerprint density at radius 1 is 1.15 bits per heavy atom. The van der Waals surface area contributed by atoms with Crippen molar-refractivity contribution in [3.63, 3.8) is 0 Å². The van der Waals surface area contributed by atoms with Gasteiger partial charge in [-0.15, -0.1) is 0 Å². The number of aliphatic hydroxyl groups excluding tert-OH is 1. The Kier molecular flexibility index (Phi) is 4.78. The summed E-state index contributed by atoms with van der Waals surface area (Å²) in [5.41, 5.74) is 1.87. The van der Waals surface area contributed by atoms with E-state index in [9.17, 15) is 8.42 Å². The molecule has 2 N–H and O–H groups in total. The average Bonchev–Trinajstić information content (AvgIpc) is 2.46. The molecule has 0 aliphatic carbocycles. The lowest BCUT2D eigenvalue weighted by atomic mass is 10.1. The zero-order chi connectivity index (χ0) is 14.4. The first-order valence-electron chi connectivity index (χ1n) is 6.02. The van der Waals surface area contributed by atoms with Gasteiger partial charge in [-0.25, -0.2) is 13.1 Å². The molecule has 0 saturated heterocycles. The third kappa shape index (κ3) is 4.37. The molecule has 0 aliphatic heterocycles. The van der Waals surface area contributed by atoms with Gasteiger partial charge in [0.2, 0.25) is 10.0 Å². The van der Waals surface area contributed by atoms with Crippen molar-refractivity contribution in [3.8, 4) is 0 Å². The molecule has 2 aromatic rings. The lowest BCUT2D eigenvalue weighted by molar-refractivity contribution is 0.282. The van der Waals surface area contributed by atoms with Crippen LogP contribution in [0.15, 0.2) is 42.6 Å². The predicted octanol–water partition coefficient (Wildman–Crippen LogP) is 0.589. The van der Waals surface area contributed by atoms with Crippen LogP contribution in [-0.2, 0) is 28.9 Å².